The van der Waals surface area contributed by atoms with Gasteiger partial charge in [-0.05, 0) is 76.5 Å². The van der Waals surface area contributed by atoms with Crippen LogP contribution in [0.15, 0.2) is 0 Å². The topological polar surface area (TPSA) is 15.3 Å². The molecule has 1 saturated carbocycles. The minimum Gasteiger partial charge on any atom is -0.314 e. The summed E-state index contributed by atoms with van der Waals surface area (Å²) < 4.78 is 0. The van der Waals surface area contributed by atoms with Gasteiger partial charge in [0.25, 0.3) is 0 Å². The highest BCUT2D eigenvalue weighted by Crippen LogP contribution is 2.24. The Labute approximate surface area is 107 Å². The molecule has 0 spiro atoms. The first-order chi connectivity index (χ1) is 8.28. The van der Waals surface area contributed by atoms with Crippen molar-refractivity contribution in [2.24, 2.45) is 11.8 Å². The Morgan fingerprint density at radius 1 is 1.00 bits per heavy atom. The van der Waals surface area contributed by atoms with Crippen LogP contribution in [0.25, 0.3) is 0 Å². The second kappa shape index (κ2) is 6.75. The molecule has 0 aromatic heterocycles. The van der Waals surface area contributed by atoms with Gasteiger partial charge in [-0.3, -0.25) is 0 Å². The molecular formula is C15H30N2. The molecule has 0 radical (unpaired) electrons. The zero-order valence-electron chi connectivity index (χ0n) is 11.8. The van der Waals surface area contributed by atoms with Crippen LogP contribution in [0.4, 0.5) is 0 Å². The van der Waals surface area contributed by atoms with Gasteiger partial charge in [-0.2, -0.15) is 0 Å². The van der Waals surface area contributed by atoms with E-state index in [4.69, 9.17) is 0 Å². The van der Waals surface area contributed by atoms with Crippen LogP contribution in [0, 0.1) is 11.8 Å². The maximum atomic E-state index is 3.83. The Hall–Kier alpha value is -0.0800. The van der Waals surface area contributed by atoms with Gasteiger partial charge in [-0.1, -0.05) is 13.8 Å². The highest BCUT2D eigenvalue weighted by Gasteiger charge is 2.21. The Kier molecular flexibility index (Phi) is 5.30. The van der Waals surface area contributed by atoms with Crippen molar-refractivity contribution < 1.29 is 0 Å². The molecule has 2 aliphatic rings. The van der Waals surface area contributed by atoms with Crippen LogP contribution in [0.5, 0.6) is 0 Å². The molecular weight excluding hydrogens is 208 g/mol. The molecule has 1 aliphatic carbocycles. The molecule has 1 saturated heterocycles. The van der Waals surface area contributed by atoms with Gasteiger partial charge < -0.3 is 10.2 Å². The van der Waals surface area contributed by atoms with Gasteiger partial charge in [0.2, 0.25) is 0 Å². The Balaban J connectivity index is 1.59. The van der Waals surface area contributed by atoms with Gasteiger partial charge >= 0.3 is 0 Å². The van der Waals surface area contributed by atoms with E-state index in [1.54, 1.807) is 0 Å². The van der Waals surface area contributed by atoms with E-state index in [9.17, 15) is 0 Å². The molecule has 1 aliphatic heterocycles. The van der Waals surface area contributed by atoms with Crippen molar-refractivity contribution >= 4 is 0 Å². The van der Waals surface area contributed by atoms with Crippen LogP contribution in [-0.2, 0) is 0 Å². The lowest BCUT2D eigenvalue weighted by Gasteiger charge is -2.33. The van der Waals surface area contributed by atoms with E-state index in [0.29, 0.717) is 0 Å². The molecule has 0 aromatic carbocycles. The van der Waals surface area contributed by atoms with Crippen LogP contribution in [0.1, 0.15) is 52.4 Å². The van der Waals surface area contributed by atoms with Crippen LogP contribution in [0.3, 0.4) is 0 Å². The predicted octanol–water partition coefficient (Wildman–Crippen LogP) is 2.89. The van der Waals surface area contributed by atoms with Gasteiger partial charge in [-0.15, -0.1) is 0 Å². The van der Waals surface area contributed by atoms with Crippen molar-refractivity contribution in [1.29, 1.82) is 0 Å². The minimum absolute atomic E-state index is 0.829. The zero-order valence-corrected chi connectivity index (χ0v) is 11.8. The molecule has 0 atom stereocenters. The van der Waals surface area contributed by atoms with Crippen molar-refractivity contribution in [1.82, 2.24) is 10.2 Å². The van der Waals surface area contributed by atoms with Gasteiger partial charge in [0, 0.05) is 6.04 Å². The lowest BCUT2D eigenvalue weighted by molar-refractivity contribution is 0.183. The third-order valence-corrected chi connectivity index (χ3v) is 4.87. The molecule has 0 unspecified atom stereocenters. The number of likely N-dealkylation sites (tertiary alicyclic amines) is 1. The summed E-state index contributed by atoms with van der Waals surface area (Å²) >= 11 is 0. The fourth-order valence-electron chi connectivity index (χ4n) is 3.30. The number of piperidine rings is 1. The molecule has 0 amide bonds. The smallest absolute Gasteiger partial charge is 0.00673 e. The summed E-state index contributed by atoms with van der Waals surface area (Å²) in [5, 5.41) is 3.83. The second-order valence-electron chi connectivity index (χ2n) is 6.24. The van der Waals surface area contributed by atoms with Gasteiger partial charge in [0.05, 0.1) is 0 Å². The lowest BCUT2D eigenvalue weighted by Crippen LogP contribution is -2.40. The summed E-state index contributed by atoms with van der Waals surface area (Å²) in [5.74, 6) is 1.91. The van der Waals surface area contributed by atoms with Crippen molar-refractivity contribution in [2.75, 3.05) is 26.2 Å². The van der Waals surface area contributed by atoms with Crippen molar-refractivity contribution in [3.05, 3.63) is 0 Å². The monoisotopic (exact) mass is 238 g/mol. The molecule has 100 valence electrons. The summed E-state index contributed by atoms with van der Waals surface area (Å²) in [4.78, 5) is 2.58. The third kappa shape index (κ3) is 4.26. The van der Waals surface area contributed by atoms with Crippen molar-refractivity contribution in [2.45, 2.75) is 58.4 Å². The van der Waals surface area contributed by atoms with E-state index in [1.807, 2.05) is 0 Å². The second-order valence-corrected chi connectivity index (χ2v) is 6.24. The number of hydrogen-bond donors (Lipinski definition) is 1. The molecule has 0 aromatic rings. The van der Waals surface area contributed by atoms with E-state index >= 15 is 0 Å². The summed E-state index contributed by atoms with van der Waals surface area (Å²) in [5.41, 5.74) is 0. The van der Waals surface area contributed by atoms with Gasteiger partial charge in [-0.25, -0.2) is 0 Å². The fraction of sp³-hybridized carbons (Fsp3) is 1.00. The largest absolute Gasteiger partial charge is 0.314 e. The average molecular weight is 238 g/mol. The fourth-order valence-corrected chi connectivity index (χ4v) is 3.30. The first-order valence-electron chi connectivity index (χ1n) is 7.73. The van der Waals surface area contributed by atoms with Crippen LogP contribution >= 0.6 is 0 Å². The van der Waals surface area contributed by atoms with E-state index in [2.05, 4.69) is 24.1 Å². The molecule has 17 heavy (non-hydrogen) atoms. The maximum Gasteiger partial charge on any atom is 0.00673 e. The summed E-state index contributed by atoms with van der Waals surface area (Å²) in [6.45, 7) is 9.84. The van der Waals surface area contributed by atoms with Crippen LogP contribution in [-0.4, -0.2) is 37.1 Å². The molecule has 0 bridgehead atoms. The molecule has 2 heteroatoms. The first kappa shape index (κ1) is 13.4. The van der Waals surface area contributed by atoms with E-state index in [1.165, 1.54) is 64.7 Å². The average Bonchev–Trinajstić information content (AvgIpc) is 2.39. The highest BCUT2D eigenvalue weighted by atomic mass is 15.1. The number of hydrogen-bond acceptors (Lipinski definition) is 2. The maximum absolute atomic E-state index is 3.83. The summed E-state index contributed by atoms with van der Waals surface area (Å²) in [6.07, 6.45) is 8.51. The van der Waals surface area contributed by atoms with E-state index in [0.717, 1.165) is 17.9 Å². The van der Waals surface area contributed by atoms with Crippen LogP contribution in [0.2, 0.25) is 0 Å². The standard InChI is InChI=1S/C15H30N2/c1-3-17-10-8-14(9-11-17)12-16-15-6-4-13(2)5-7-15/h13-16H,3-12H2,1-2H3. The quantitative estimate of drug-likeness (QED) is 0.810. The van der Waals surface area contributed by atoms with E-state index < -0.39 is 0 Å². The lowest BCUT2D eigenvalue weighted by atomic mass is 9.87. The van der Waals surface area contributed by atoms with Crippen molar-refractivity contribution in [3.8, 4) is 0 Å². The van der Waals surface area contributed by atoms with Crippen LogP contribution < -0.4 is 5.32 Å². The molecule has 1 N–H and O–H groups in total. The normalized spacial score (nSPS) is 32.8. The Morgan fingerprint density at radius 2 is 1.65 bits per heavy atom. The van der Waals surface area contributed by atoms with E-state index in [-0.39, 0.29) is 0 Å². The Bertz CT molecular complexity index is 201. The SMILES string of the molecule is CCN1CCC(CNC2CCC(C)CC2)CC1. The molecule has 2 fully saturated rings. The highest BCUT2D eigenvalue weighted by molar-refractivity contribution is 4.78. The predicted molar refractivity (Wildman–Crippen MR) is 74.3 cm³/mol. The van der Waals surface area contributed by atoms with Gasteiger partial charge in [0.1, 0.15) is 0 Å². The zero-order chi connectivity index (χ0) is 12.1. The number of nitrogens with one attached hydrogen (secondary N) is 1. The summed E-state index contributed by atoms with van der Waals surface area (Å²) in [7, 11) is 0. The Morgan fingerprint density at radius 3 is 2.24 bits per heavy atom. The molecule has 1 heterocycles. The first-order valence-corrected chi connectivity index (χ1v) is 7.73. The van der Waals surface area contributed by atoms with Crippen molar-refractivity contribution in [3.63, 3.8) is 0 Å². The number of nitrogens with zero attached hydrogens (tertiary/aromatic N) is 1. The summed E-state index contributed by atoms with van der Waals surface area (Å²) in [6, 6.07) is 0.829. The third-order valence-electron chi connectivity index (χ3n) is 4.87. The molecule has 2 nitrogen and oxygen atoms in total. The minimum atomic E-state index is 0.829. The van der Waals surface area contributed by atoms with Gasteiger partial charge in [0.15, 0.2) is 0 Å². The number of rotatable bonds is 4. The molecule has 2 rings (SSSR count).